The van der Waals surface area contributed by atoms with E-state index in [9.17, 15) is 4.79 Å². The van der Waals surface area contributed by atoms with Crippen molar-refractivity contribution in [2.24, 2.45) is 5.10 Å². The molecule has 0 unspecified atom stereocenters. The number of unbranched alkanes of at least 4 members (excludes halogenated alkanes) is 2. The molecule has 0 bridgehead atoms. The van der Waals surface area contributed by atoms with Crippen LogP contribution in [0.1, 0.15) is 49.9 Å². The van der Waals surface area contributed by atoms with Gasteiger partial charge >= 0.3 is 0 Å². The second kappa shape index (κ2) is 8.29. The minimum Gasteiger partial charge on any atom is -0.496 e. The monoisotopic (exact) mass is 262 g/mol. The van der Waals surface area contributed by atoms with Gasteiger partial charge in [0.2, 0.25) is 0 Å². The van der Waals surface area contributed by atoms with Gasteiger partial charge in [-0.25, -0.2) is 5.43 Å². The highest BCUT2D eigenvalue weighted by molar-refractivity contribution is 5.97. The molecule has 19 heavy (non-hydrogen) atoms. The molecule has 1 aromatic rings. The van der Waals surface area contributed by atoms with E-state index in [0.717, 1.165) is 18.6 Å². The lowest BCUT2D eigenvalue weighted by Gasteiger charge is -2.07. The number of para-hydroxylation sites is 1. The standard InChI is InChI=1S/C15H22N2O2/c1-4-5-6-9-12(2)16-17-15(18)13-10-7-8-11-14(13)19-3/h7-8,10-11H,4-6,9H2,1-3H3,(H,17,18)/b16-12+. The predicted octanol–water partition coefficient (Wildman–Crippen LogP) is 3.38. The average Bonchev–Trinajstić information content (AvgIpc) is 2.45. The van der Waals surface area contributed by atoms with Crippen LogP contribution in [0.5, 0.6) is 5.75 Å². The summed E-state index contributed by atoms with van der Waals surface area (Å²) in [7, 11) is 1.55. The fraction of sp³-hybridized carbons (Fsp3) is 0.467. The van der Waals surface area contributed by atoms with E-state index in [-0.39, 0.29) is 5.91 Å². The molecule has 0 aromatic heterocycles. The molecule has 4 nitrogen and oxygen atoms in total. The molecule has 0 aliphatic rings. The highest BCUT2D eigenvalue weighted by Crippen LogP contribution is 2.16. The van der Waals surface area contributed by atoms with Crippen molar-refractivity contribution in [3.8, 4) is 5.75 Å². The number of carbonyl (C=O) groups excluding carboxylic acids is 1. The van der Waals surface area contributed by atoms with Crippen LogP contribution in [0.3, 0.4) is 0 Å². The van der Waals surface area contributed by atoms with E-state index < -0.39 is 0 Å². The third-order valence-electron chi connectivity index (χ3n) is 2.84. The summed E-state index contributed by atoms with van der Waals surface area (Å²) < 4.78 is 5.14. The molecule has 0 spiro atoms. The molecule has 0 radical (unpaired) electrons. The summed E-state index contributed by atoms with van der Waals surface area (Å²) in [4.78, 5) is 12.0. The molecule has 0 heterocycles. The molecule has 0 saturated heterocycles. The fourth-order valence-electron chi connectivity index (χ4n) is 1.73. The maximum atomic E-state index is 12.0. The molecule has 0 fully saturated rings. The summed E-state index contributed by atoms with van der Waals surface area (Å²) in [5, 5.41) is 4.11. The zero-order chi connectivity index (χ0) is 14.1. The summed E-state index contributed by atoms with van der Waals surface area (Å²) >= 11 is 0. The second-order valence-corrected chi connectivity index (χ2v) is 4.45. The number of hydrazone groups is 1. The number of ether oxygens (including phenoxy) is 1. The van der Waals surface area contributed by atoms with Crippen molar-refractivity contribution in [3.05, 3.63) is 29.8 Å². The highest BCUT2D eigenvalue weighted by Gasteiger charge is 2.10. The number of benzene rings is 1. The topological polar surface area (TPSA) is 50.7 Å². The molecule has 0 aliphatic heterocycles. The Labute approximate surface area is 114 Å². The molecule has 0 aliphatic carbocycles. The smallest absolute Gasteiger partial charge is 0.275 e. The van der Waals surface area contributed by atoms with Crippen molar-refractivity contribution in [2.75, 3.05) is 7.11 Å². The molecule has 0 atom stereocenters. The Balaban J connectivity index is 2.57. The third-order valence-corrected chi connectivity index (χ3v) is 2.84. The summed E-state index contributed by atoms with van der Waals surface area (Å²) in [6.45, 7) is 4.09. The van der Waals surface area contributed by atoms with E-state index in [1.54, 1.807) is 25.3 Å². The van der Waals surface area contributed by atoms with Gasteiger partial charge in [0.25, 0.3) is 5.91 Å². The highest BCUT2D eigenvalue weighted by atomic mass is 16.5. The van der Waals surface area contributed by atoms with Crippen molar-refractivity contribution in [3.63, 3.8) is 0 Å². The van der Waals surface area contributed by atoms with Crippen LogP contribution in [0.2, 0.25) is 0 Å². The number of carbonyl (C=O) groups is 1. The first-order valence-corrected chi connectivity index (χ1v) is 6.65. The van der Waals surface area contributed by atoms with E-state index in [0.29, 0.717) is 11.3 Å². The van der Waals surface area contributed by atoms with Gasteiger partial charge in [-0.3, -0.25) is 4.79 Å². The van der Waals surface area contributed by atoms with Crippen LogP contribution < -0.4 is 10.2 Å². The van der Waals surface area contributed by atoms with Gasteiger partial charge in [0.1, 0.15) is 5.75 Å². The minimum atomic E-state index is -0.243. The quantitative estimate of drug-likeness (QED) is 0.465. The number of amides is 1. The first kappa shape index (κ1) is 15.2. The van der Waals surface area contributed by atoms with E-state index in [2.05, 4.69) is 17.5 Å². The predicted molar refractivity (Wildman–Crippen MR) is 77.7 cm³/mol. The van der Waals surface area contributed by atoms with E-state index in [4.69, 9.17) is 4.74 Å². The van der Waals surface area contributed by atoms with Crippen molar-refractivity contribution in [1.82, 2.24) is 5.43 Å². The van der Waals surface area contributed by atoms with Crippen LogP contribution in [-0.4, -0.2) is 18.7 Å². The molecule has 1 aromatic carbocycles. The lowest BCUT2D eigenvalue weighted by Crippen LogP contribution is -2.19. The molecular weight excluding hydrogens is 240 g/mol. The Morgan fingerprint density at radius 1 is 1.32 bits per heavy atom. The summed E-state index contributed by atoms with van der Waals surface area (Å²) in [5.41, 5.74) is 4.01. The second-order valence-electron chi connectivity index (χ2n) is 4.45. The molecule has 104 valence electrons. The van der Waals surface area contributed by atoms with Crippen LogP contribution in [0.15, 0.2) is 29.4 Å². The molecule has 1 rings (SSSR count). The van der Waals surface area contributed by atoms with Crippen molar-refractivity contribution in [2.45, 2.75) is 39.5 Å². The number of rotatable bonds is 7. The Morgan fingerprint density at radius 3 is 2.74 bits per heavy atom. The largest absolute Gasteiger partial charge is 0.496 e. The molecule has 0 saturated carbocycles. The first-order chi connectivity index (χ1) is 9.19. The fourth-order valence-corrected chi connectivity index (χ4v) is 1.73. The van der Waals surface area contributed by atoms with Crippen molar-refractivity contribution >= 4 is 11.6 Å². The van der Waals surface area contributed by atoms with Crippen LogP contribution in [0.25, 0.3) is 0 Å². The van der Waals surface area contributed by atoms with Crippen LogP contribution in [0, 0.1) is 0 Å². The normalized spacial score (nSPS) is 11.2. The van der Waals surface area contributed by atoms with E-state index in [1.807, 2.05) is 13.0 Å². The Bertz CT molecular complexity index is 442. The van der Waals surface area contributed by atoms with Gasteiger partial charge in [0.15, 0.2) is 0 Å². The molecule has 1 amide bonds. The van der Waals surface area contributed by atoms with Crippen LogP contribution >= 0.6 is 0 Å². The molecular formula is C15H22N2O2. The van der Waals surface area contributed by atoms with Crippen molar-refractivity contribution < 1.29 is 9.53 Å². The Hall–Kier alpha value is -1.84. The lowest BCUT2D eigenvalue weighted by atomic mass is 10.1. The van der Waals surface area contributed by atoms with Gasteiger partial charge in [-0.1, -0.05) is 31.9 Å². The SMILES string of the molecule is CCCCC/C(C)=N/NC(=O)c1ccccc1OC. The third kappa shape index (κ3) is 5.12. The van der Waals surface area contributed by atoms with Gasteiger partial charge < -0.3 is 4.74 Å². The number of hydrogen-bond acceptors (Lipinski definition) is 3. The van der Waals surface area contributed by atoms with Gasteiger partial charge in [-0.2, -0.15) is 5.10 Å². The summed E-state index contributed by atoms with van der Waals surface area (Å²) in [6.07, 6.45) is 4.39. The van der Waals surface area contributed by atoms with Crippen LogP contribution in [-0.2, 0) is 0 Å². The van der Waals surface area contributed by atoms with Crippen molar-refractivity contribution in [1.29, 1.82) is 0 Å². The van der Waals surface area contributed by atoms with Gasteiger partial charge in [0.05, 0.1) is 12.7 Å². The molecule has 1 N–H and O–H groups in total. The number of hydrogen-bond donors (Lipinski definition) is 1. The number of nitrogens with one attached hydrogen (secondary N) is 1. The van der Waals surface area contributed by atoms with Crippen LogP contribution in [0.4, 0.5) is 0 Å². The summed E-state index contributed by atoms with van der Waals surface area (Å²) in [5.74, 6) is 0.311. The summed E-state index contributed by atoms with van der Waals surface area (Å²) in [6, 6.07) is 7.10. The lowest BCUT2D eigenvalue weighted by molar-refractivity contribution is 0.0951. The Kier molecular flexibility index (Phi) is 6.64. The number of nitrogens with zero attached hydrogens (tertiary/aromatic N) is 1. The zero-order valence-electron chi connectivity index (χ0n) is 11.9. The first-order valence-electron chi connectivity index (χ1n) is 6.65. The average molecular weight is 262 g/mol. The zero-order valence-corrected chi connectivity index (χ0v) is 11.9. The van der Waals surface area contributed by atoms with Gasteiger partial charge in [-0.05, 0) is 31.9 Å². The van der Waals surface area contributed by atoms with E-state index >= 15 is 0 Å². The van der Waals surface area contributed by atoms with Gasteiger partial charge in [0, 0.05) is 5.71 Å². The minimum absolute atomic E-state index is 0.243. The van der Waals surface area contributed by atoms with E-state index in [1.165, 1.54) is 12.8 Å². The molecule has 4 heteroatoms. The maximum absolute atomic E-state index is 12.0. The Morgan fingerprint density at radius 2 is 2.05 bits per heavy atom. The van der Waals surface area contributed by atoms with Gasteiger partial charge in [-0.15, -0.1) is 0 Å². The number of methoxy groups -OCH3 is 1. The maximum Gasteiger partial charge on any atom is 0.275 e.